The van der Waals surface area contributed by atoms with Gasteiger partial charge in [0.2, 0.25) is 0 Å². The van der Waals surface area contributed by atoms with E-state index in [1.54, 1.807) is 5.01 Å². The van der Waals surface area contributed by atoms with Crippen LogP contribution in [0.2, 0.25) is 0 Å². The largest absolute Gasteiger partial charge is 0.378 e. The maximum Gasteiger partial charge on any atom is 0.332 e. The van der Waals surface area contributed by atoms with Crippen LogP contribution in [0.4, 0.5) is 10.6 Å². The fourth-order valence-electron chi connectivity index (χ4n) is 2.69. The van der Waals surface area contributed by atoms with Crippen LogP contribution in [0.3, 0.4) is 0 Å². The Morgan fingerprint density at radius 2 is 2.14 bits per heavy atom. The number of pyridine rings is 1. The van der Waals surface area contributed by atoms with Gasteiger partial charge in [-0.2, -0.15) is 0 Å². The van der Waals surface area contributed by atoms with E-state index in [2.05, 4.69) is 20.6 Å². The third-order valence-corrected chi connectivity index (χ3v) is 3.94. The van der Waals surface area contributed by atoms with E-state index in [1.807, 2.05) is 18.3 Å². The number of hydrazine groups is 1. The van der Waals surface area contributed by atoms with Crippen LogP contribution in [0, 0.1) is 0 Å². The molecule has 0 aromatic carbocycles. The fourth-order valence-corrected chi connectivity index (χ4v) is 2.69. The molecular weight excluding hydrogens is 282 g/mol. The zero-order valence-corrected chi connectivity index (χ0v) is 12.8. The number of aromatic nitrogens is 1. The molecule has 1 aromatic rings. The smallest absolute Gasteiger partial charge is 0.332 e. The predicted molar refractivity (Wildman–Crippen MR) is 83.4 cm³/mol. The van der Waals surface area contributed by atoms with E-state index in [0.717, 1.165) is 24.5 Å². The van der Waals surface area contributed by atoms with E-state index in [1.165, 1.54) is 12.8 Å². The zero-order chi connectivity index (χ0) is 15.2. The van der Waals surface area contributed by atoms with Crippen LogP contribution in [0.5, 0.6) is 0 Å². The summed E-state index contributed by atoms with van der Waals surface area (Å²) in [5, 5.41) is 4.47. The van der Waals surface area contributed by atoms with Crippen LogP contribution < -0.4 is 15.6 Å². The van der Waals surface area contributed by atoms with Crippen LogP contribution in [0.15, 0.2) is 18.3 Å². The van der Waals surface area contributed by atoms with Crippen LogP contribution in [-0.2, 0) is 11.3 Å². The molecule has 2 saturated heterocycles. The molecule has 0 unspecified atom stereocenters. The summed E-state index contributed by atoms with van der Waals surface area (Å²) < 4.78 is 5.30. The first-order chi connectivity index (χ1) is 10.8. The molecule has 1 aromatic heterocycles. The van der Waals surface area contributed by atoms with Gasteiger partial charge in [0.05, 0.1) is 19.8 Å². The Morgan fingerprint density at radius 3 is 2.91 bits per heavy atom. The molecule has 7 heteroatoms. The Kier molecular flexibility index (Phi) is 5.07. The van der Waals surface area contributed by atoms with Crippen LogP contribution in [0.25, 0.3) is 0 Å². The van der Waals surface area contributed by atoms with E-state index >= 15 is 0 Å². The number of hydrogen-bond donors (Lipinski definition) is 2. The third kappa shape index (κ3) is 3.86. The minimum absolute atomic E-state index is 0.130. The fraction of sp³-hybridized carbons (Fsp3) is 0.600. The molecule has 22 heavy (non-hydrogen) atoms. The van der Waals surface area contributed by atoms with Gasteiger partial charge >= 0.3 is 6.03 Å². The van der Waals surface area contributed by atoms with Gasteiger partial charge in [0.25, 0.3) is 0 Å². The summed E-state index contributed by atoms with van der Waals surface area (Å²) in [6, 6.07) is 3.93. The molecular formula is C15H23N5O2. The van der Waals surface area contributed by atoms with Gasteiger partial charge in [0, 0.05) is 32.4 Å². The van der Waals surface area contributed by atoms with Gasteiger partial charge in [-0.15, -0.1) is 0 Å². The lowest BCUT2D eigenvalue weighted by Gasteiger charge is -2.21. The molecule has 0 atom stereocenters. The second-order valence-corrected chi connectivity index (χ2v) is 5.55. The second kappa shape index (κ2) is 7.42. The van der Waals surface area contributed by atoms with Crippen molar-refractivity contribution in [3.8, 4) is 0 Å². The van der Waals surface area contributed by atoms with Crippen molar-refractivity contribution in [1.29, 1.82) is 0 Å². The van der Waals surface area contributed by atoms with Gasteiger partial charge in [-0.25, -0.2) is 15.2 Å². The monoisotopic (exact) mass is 305 g/mol. The second-order valence-electron chi connectivity index (χ2n) is 5.55. The van der Waals surface area contributed by atoms with Crippen molar-refractivity contribution >= 4 is 11.8 Å². The van der Waals surface area contributed by atoms with Crippen LogP contribution in [-0.4, -0.2) is 55.4 Å². The first-order valence-electron chi connectivity index (χ1n) is 7.89. The Labute approximate surface area is 130 Å². The molecule has 120 valence electrons. The van der Waals surface area contributed by atoms with Crippen molar-refractivity contribution in [2.45, 2.75) is 19.4 Å². The molecule has 0 spiro atoms. The third-order valence-electron chi connectivity index (χ3n) is 3.94. The standard InChI is InChI=1S/C15H23N5O2/c21-15(20-8-10-22-9-5-18-20)17-12-13-3-4-14(16-11-13)19-6-1-2-7-19/h3-4,11,18H,1-2,5-10,12H2,(H,17,21). The Balaban J connectivity index is 1.49. The maximum absolute atomic E-state index is 12.1. The van der Waals surface area contributed by atoms with Crippen molar-refractivity contribution in [2.75, 3.05) is 44.3 Å². The molecule has 2 aliphatic heterocycles. The summed E-state index contributed by atoms with van der Waals surface area (Å²) in [5.74, 6) is 1.03. The quantitative estimate of drug-likeness (QED) is 0.861. The first-order valence-corrected chi connectivity index (χ1v) is 7.89. The van der Waals surface area contributed by atoms with E-state index in [4.69, 9.17) is 4.74 Å². The number of nitrogens with zero attached hydrogens (tertiary/aromatic N) is 3. The van der Waals surface area contributed by atoms with Crippen molar-refractivity contribution in [3.05, 3.63) is 23.9 Å². The van der Waals surface area contributed by atoms with Gasteiger partial charge in [-0.05, 0) is 24.5 Å². The Morgan fingerprint density at radius 1 is 1.27 bits per heavy atom. The number of nitrogens with one attached hydrogen (secondary N) is 2. The molecule has 2 fully saturated rings. The molecule has 2 aliphatic rings. The lowest BCUT2D eigenvalue weighted by atomic mass is 10.3. The normalized spacial score (nSPS) is 19.1. The summed E-state index contributed by atoms with van der Waals surface area (Å²) >= 11 is 0. The molecule has 3 rings (SSSR count). The van der Waals surface area contributed by atoms with Gasteiger partial charge in [0.1, 0.15) is 5.82 Å². The highest BCUT2D eigenvalue weighted by atomic mass is 16.5. The van der Waals surface area contributed by atoms with Crippen molar-refractivity contribution < 1.29 is 9.53 Å². The predicted octanol–water partition coefficient (Wildman–Crippen LogP) is 0.728. The number of anilines is 1. The molecule has 0 aliphatic carbocycles. The summed E-state index contributed by atoms with van der Waals surface area (Å²) in [4.78, 5) is 18.9. The lowest BCUT2D eigenvalue weighted by Crippen LogP contribution is -2.48. The van der Waals surface area contributed by atoms with Gasteiger partial charge in [-0.3, -0.25) is 5.01 Å². The average molecular weight is 305 g/mol. The van der Waals surface area contributed by atoms with E-state index in [0.29, 0.717) is 32.8 Å². The SMILES string of the molecule is O=C(NCc1ccc(N2CCCC2)nc1)N1CCOCCN1. The highest BCUT2D eigenvalue weighted by Gasteiger charge is 2.15. The Bertz CT molecular complexity index is 479. The van der Waals surface area contributed by atoms with Gasteiger partial charge in [0.15, 0.2) is 0 Å². The van der Waals surface area contributed by atoms with Crippen molar-refractivity contribution in [1.82, 2.24) is 20.7 Å². The molecule has 0 radical (unpaired) electrons. The maximum atomic E-state index is 12.1. The molecule has 0 saturated carbocycles. The summed E-state index contributed by atoms with van der Waals surface area (Å²) in [7, 11) is 0. The van der Waals surface area contributed by atoms with Crippen molar-refractivity contribution in [2.24, 2.45) is 0 Å². The lowest BCUT2D eigenvalue weighted by molar-refractivity contribution is 0.143. The van der Waals surface area contributed by atoms with Crippen molar-refractivity contribution in [3.63, 3.8) is 0 Å². The number of hydrogen-bond acceptors (Lipinski definition) is 5. The van der Waals surface area contributed by atoms with Gasteiger partial charge < -0.3 is 15.0 Å². The topological polar surface area (TPSA) is 69.7 Å². The number of amides is 2. The van der Waals surface area contributed by atoms with E-state index in [9.17, 15) is 4.79 Å². The van der Waals surface area contributed by atoms with Gasteiger partial charge in [-0.1, -0.05) is 6.07 Å². The molecule has 2 N–H and O–H groups in total. The number of rotatable bonds is 3. The van der Waals surface area contributed by atoms with Crippen LogP contribution in [0.1, 0.15) is 18.4 Å². The highest BCUT2D eigenvalue weighted by Crippen LogP contribution is 2.17. The molecule has 3 heterocycles. The number of ether oxygens (including phenoxy) is 1. The number of carbonyl (C=O) groups is 1. The Hall–Kier alpha value is -1.86. The summed E-state index contributed by atoms with van der Waals surface area (Å²) in [6.07, 6.45) is 4.32. The molecule has 7 nitrogen and oxygen atoms in total. The zero-order valence-electron chi connectivity index (χ0n) is 12.8. The average Bonchev–Trinajstić information content (AvgIpc) is 2.95. The summed E-state index contributed by atoms with van der Waals surface area (Å²) in [5.41, 5.74) is 4.04. The first kappa shape index (κ1) is 15.1. The highest BCUT2D eigenvalue weighted by molar-refractivity contribution is 5.73. The molecule has 0 bridgehead atoms. The minimum Gasteiger partial charge on any atom is -0.378 e. The summed E-state index contributed by atoms with van der Waals surface area (Å²) in [6.45, 7) is 5.05. The van der Waals surface area contributed by atoms with Crippen LogP contribution >= 0.6 is 0 Å². The van der Waals surface area contributed by atoms with E-state index < -0.39 is 0 Å². The number of carbonyl (C=O) groups excluding carboxylic acids is 1. The van der Waals surface area contributed by atoms with E-state index in [-0.39, 0.29) is 6.03 Å². The molecule has 2 amide bonds. The minimum atomic E-state index is -0.130. The number of urea groups is 1.